The summed E-state index contributed by atoms with van der Waals surface area (Å²) in [6.07, 6.45) is 4.00. The summed E-state index contributed by atoms with van der Waals surface area (Å²) in [5, 5.41) is 3.19. The number of hydrogen-bond donors (Lipinski definition) is 1. The molecule has 7 nitrogen and oxygen atoms in total. The molecule has 2 aromatic rings. The molecular formula is C24H26F2N6O. The van der Waals surface area contributed by atoms with Crippen molar-refractivity contribution in [2.75, 3.05) is 50.0 Å². The van der Waals surface area contributed by atoms with Gasteiger partial charge < -0.3 is 19.9 Å². The number of nitrogens with zero attached hydrogens (tertiary/aromatic N) is 5. The first-order valence-corrected chi connectivity index (χ1v) is 11.0. The van der Waals surface area contributed by atoms with E-state index in [1.807, 2.05) is 26.0 Å². The molecule has 33 heavy (non-hydrogen) atoms. The van der Waals surface area contributed by atoms with Gasteiger partial charge in [-0.05, 0) is 39.0 Å². The minimum Gasteiger partial charge on any atom is -0.421 e. The number of aliphatic imine (C=N–C) groups is 1. The molecule has 0 amide bonds. The Morgan fingerprint density at radius 2 is 1.79 bits per heavy atom. The standard InChI is InChI=1S/C24H26F2N6O/c1-14-8-16-17(9-14)23(26)19(11-18(16)25)33-24-29-21(28-20-10-15(2)13-27-20)12-22(30-24)32-6-4-31(3)5-7-32/h9-12H,4-8,13H2,1-3H3,(H,27,28,29,30). The molecule has 2 aliphatic heterocycles. The first kappa shape index (κ1) is 21.5. The Bertz CT molecular complexity index is 1200. The molecule has 0 atom stereocenters. The lowest BCUT2D eigenvalue weighted by Gasteiger charge is -2.33. The van der Waals surface area contributed by atoms with Gasteiger partial charge in [-0.3, -0.25) is 4.99 Å². The Morgan fingerprint density at radius 1 is 1.00 bits per heavy atom. The van der Waals surface area contributed by atoms with Crippen LogP contribution in [-0.2, 0) is 6.42 Å². The van der Waals surface area contributed by atoms with E-state index in [2.05, 4.69) is 37.1 Å². The Morgan fingerprint density at radius 3 is 2.52 bits per heavy atom. The molecule has 0 unspecified atom stereocenters. The van der Waals surface area contributed by atoms with Crippen molar-refractivity contribution in [2.24, 2.45) is 4.99 Å². The number of hydrogen-bond acceptors (Lipinski definition) is 7. The molecule has 1 saturated heterocycles. The number of likely N-dealkylation sites (N-methyl/N-ethyl adjacent to an activating group) is 1. The number of nitrogens with one attached hydrogen (secondary N) is 1. The summed E-state index contributed by atoms with van der Waals surface area (Å²) < 4.78 is 35.5. The highest BCUT2D eigenvalue weighted by Gasteiger charge is 2.24. The molecule has 0 radical (unpaired) electrons. The maximum Gasteiger partial charge on any atom is 0.326 e. The van der Waals surface area contributed by atoms with E-state index in [9.17, 15) is 4.39 Å². The number of aromatic nitrogens is 2. The zero-order valence-electron chi connectivity index (χ0n) is 19.0. The van der Waals surface area contributed by atoms with Gasteiger partial charge in [0.15, 0.2) is 11.6 Å². The first-order valence-electron chi connectivity index (χ1n) is 11.0. The van der Waals surface area contributed by atoms with Gasteiger partial charge >= 0.3 is 6.01 Å². The second-order valence-electron chi connectivity index (χ2n) is 8.83. The van der Waals surface area contributed by atoms with Crippen molar-refractivity contribution < 1.29 is 13.5 Å². The maximum absolute atomic E-state index is 15.1. The monoisotopic (exact) mass is 452 g/mol. The van der Waals surface area contributed by atoms with Gasteiger partial charge in [0.2, 0.25) is 0 Å². The van der Waals surface area contributed by atoms with Gasteiger partial charge in [0.05, 0.1) is 6.54 Å². The van der Waals surface area contributed by atoms with E-state index in [1.165, 1.54) is 0 Å². The van der Waals surface area contributed by atoms with E-state index in [-0.39, 0.29) is 17.3 Å². The molecular weight excluding hydrogens is 426 g/mol. The summed E-state index contributed by atoms with van der Waals surface area (Å²) in [5.74, 6) is 0.502. The highest BCUT2D eigenvalue weighted by molar-refractivity contribution is 6.05. The Hall–Kier alpha value is -3.33. The lowest BCUT2D eigenvalue weighted by atomic mass is 10.1. The Balaban J connectivity index is 1.49. The van der Waals surface area contributed by atoms with Crippen LogP contribution >= 0.6 is 0 Å². The third-order valence-electron chi connectivity index (χ3n) is 6.03. The smallest absolute Gasteiger partial charge is 0.326 e. The summed E-state index contributed by atoms with van der Waals surface area (Å²) in [6.45, 7) is 7.86. The summed E-state index contributed by atoms with van der Waals surface area (Å²) in [6, 6.07) is 2.85. The zero-order valence-corrected chi connectivity index (χ0v) is 19.0. The Labute approximate surface area is 191 Å². The van der Waals surface area contributed by atoms with Crippen molar-refractivity contribution in [3.8, 4) is 11.8 Å². The average Bonchev–Trinajstić information content (AvgIpc) is 3.37. The van der Waals surface area contributed by atoms with Crippen LogP contribution in [0.15, 0.2) is 34.3 Å². The van der Waals surface area contributed by atoms with Crippen LogP contribution in [0.2, 0.25) is 0 Å². The van der Waals surface area contributed by atoms with Crippen LogP contribution in [0.1, 0.15) is 25.0 Å². The number of allylic oxidation sites excluding steroid dienone is 1. The predicted molar refractivity (Wildman–Crippen MR) is 125 cm³/mol. The number of rotatable bonds is 4. The number of amidine groups is 1. The third kappa shape index (κ3) is 4.45. The first-order chi connectivity index (χ1) is 15.9. The molecule has 0 bridgehead atoms. The van der Waals surface area contributed by atoms with Crippen molar-refractivity contribution >= 4 is 23.5 Å². The van der Waals surface area contributed by atoms with E-state index in [0.29, 0.717) is 36.0 Å². The van der Waals surface area contributed by atoms with Gasteiger partial charge in [-0.25, -0.2) is 8.78 Å². The van der Waals surface area contributed by atoms with Crippen LogP contribution in [0.4, 0.5) is 20.4 Å². The molecule has 1 aromatic carbocycles. The second kappa shape index (κ2) is 8.55. The molecule has 0 spiro atoms. The molecule has 3 aliphatic rings. The highest BCUT2D eigenvalue weighted by Crippen LogP contribution is 2.36. The number of fused-ring (bicyclic) bond motifs is 1. The molecule has 3 heterocycles. The number of benzene rings is 1. The van der Waals surface area contributed by atoms with Crippen LogP contribution in [0, 0.1) is 11.6 Å². The quantitative estimate of drug-likeness (QED) is 0.756. The van der Waals surface area contributed by atoms with Gasteiger partial charge in [0.25, 0.3) is 0 Å². The van der Waals surface area contributed by atoms with Crippen LogP contribution in [0.25, 0.3) is 6.08 Å². The highest BCUT2D eigenvalue weighted by atomic mass is 19.1. The van der Waals surface area contributed by atoms with Crippen molar-refractivity contribution in [1.29, 1.82) is 0 Å². The fraction of sp³-hybridized carbons (Fsp3) is 0.375. The summed E-state index contributed by atoms with van der Waals surface area (Å²) in [7, 11) is 2.08. The van der Waals surface area contributed by atoms with Crippen LogP contribution in [0.5, 0.6) is 11.8 Å². The van der Waals surface area contributed by atoms with Crippen molar-refractivity contribution in [3.63, 3.8) is 0 Å². The van der Waals surface area contributed by atoms with E-state index in [1.54, 1.807) is 6.08 Å². The van der Waals surface area contributed by atoms with Gasteiger partial charge in [0, 0.05) is 49.4 Å². The van der Waals surface area contributed by atoms with Gasteiger partial charge in [-0.15, -0.1) is 0 Å². The summed E-state index contributed by atoms with van der Waals surface area (Å²) in [4.78, 5) is 17.7. The molecule has 1 fully saturated rings. The maximum atomic E-state index is 15.1. The minimum atomic E-state index is -0.606. The third-order valence-corrected chi connectivity index (χ3v) is 6.03. The summed E-state index contributed by atoms with van der Waals surface area (Å²) in [5.41, 5.74) is 2.63. The van der Waals surface area contributed by atoms with E-state index >= 15 is 4.39 Å². The van der Waals surface area contributed by atoms with Crippen LogP contribution < -0.4 is 15.0 Å². The van der Waals surface area contributed by atoms with Gasteiger partial charge in [0.1, 0.15) is 23.3 Å². The lowest BCUT2D eigenvalue weighted by molar-refractivity contribution is 0.311. The molecule has 1 aliphatic carbocycles. The molecule has 1 aromatic heterocycles. The van der Waals surface area contributed by atoms with Gasteiger partial charge in [-0.1, -0.05) is 11.6 Å². The minimum absolute atomic E-state index is 0.0508. The van der Waals surface area contributed by atoms with Crippen LogP contribution in [-0.4, -0.2) is 60.5 Å². The number of piperazine rings is 1. The second-order valence-corrected chi connectivity index (χ2v) is 8.83. The fourth-order valence-corrected chi connectivity index (χ4v) is 4.20. The predicted octanol–water partition coefficient (Wildman–Crippen LogP) is 4.03. The topological polar surface area (TPSA) is 65.9 Å². The van der Waals surface area contributed by atoms with E-state index < -0.39 is 11.6 Å². The van der Waals surface area contributed by atoms with Crippen LogP contribution in [0.3, 0.4) is 0 Å². The van der Waals surface area contributed by atoms with E-state index in [0.717, 1.165) is 43.4 Å². The molecule has 172 valence electrons. The number of halogens is 2. The van der Waals surface area contributed by atoms with E-state index in [4.69, 9.17) is 4.74 Å². The Kier molecular flexibility index (Phi) is 5.57. The number of anilines is 2. The van der Waals surface area contributed by atoms with Crippen molar-refractivity contribution in [2.45, 2.75) is 20.3 Å². The molecule has 0 saturated carbocycles. The van der Waals surface area contributed by atoms with Crippen molar-refractivity contribution in [3.05, 3.63) is 52.1 Å². The SMILES string of the molecule is CC1=CC(Nc2cc(N3CCN(C)CC3)nc(Oc3cc(F)c4c(c3F)C=C(C)C4)n2)=NC1. The molecule has 5 rings (SSSR count). The average molecular weight is 453 g/mol. The summed E-state index contributed by atoms with van der Waals surface area (Å²) >= 11 is 0. The van der Waals surface area contributed by atoms with Crippen molar-refractivity contribution in [1.82, 2.24) is 14.9 Å². The molecule has 9 heteroatoms. The normalized spacial score (nSPS) is 18.1. The number of ether oxygens (including phenoxy) is 1. The largest absolute Gasteiger partial charge is 0.421 e. The lowest BCUT2D eigenvalue weighted by Crippen LogP contribution is -2.44. The van der Waals surface area contributed by atoms with Gasteiger partial charge in [-0.2, -0.15) is 9.97 Å². The zero-order chi connectivity index (χ0) is 23.1. The fourth-order valence-electron chi connectivity index (χ4n) is 4.20. The molecule has 1 N–H and O–H groups in total.